The number of rotatable bonds is 7. The normalized spacial score (nSPS) is 26.0. The summed E-state index contributed by atoms with van der Waals surface area (Å²) in [6.07, 6.45) is 7.97. The summed E-state index contributed by atoms with van der Waals surface area (Å²) >= 11 is 2.09. The Labute approximate surface area is 157 Å². The van der Waals surface area contributed by atoms with Gasteiger partial charge in [-0.3, -0.25) is 4.99 Å². The van der Waals surface area contributed by atoms with Crippen LogP contribution >= 0.6 is 35.7 Å². The third-order valence-electron chi connectivity index (χ3n) is 4.55. The maximum atomic E-state index is 4.33. The molecule has 1 unspecified atom stereocenters. The van der Waals surface area contributed by atoms with Gasteiger partial charge in [-0.2, -0.15) is 11.8 Å². The molecule has 2 aliphatic rings. The molecule has 0 saturated carbocycles. The number of nitrogens with one attached hydrogen (secondary N) is 2. The Hall–Kier alpha value is 0.310. The summed E-state index contributed by atoms with van der Waals surface area (Å²) in [5.41, 5.74) is 0. The van der Waals surface area contributed by atoms with E-state index >= 15 is 0 Å². The molecule has 0 aromatic heterocycles. The van der Waals surface area contributed by atoms with Crippen LogP contribution in [0.15, 0.2) is 4.99 Å². The molecular weight excluding hydrogens is 407 g/mol. The third kappa shape index (κ3) is 7.25. The van der Waals surface area contributed by atoms with Crippen molar-refractivity contribution < 1.29 is 0 Å². The van der Waals surface area contributed by atoms with Crippen molar-refractivity contribution in [2.75, 3.05) is 45.5 Å². The zero-order chi connectivity index (χ0) is 15.0. The van der Waals surface area contributed by atoms with Crippen LogP contribution in [0.25, 0.3) is 0 Å². The third-order valence-corrected chi connectivity index (χ3v) is 6.08. The number of halogens is 1. The van der Waals surface area contributed by atoms with Gasteiger partial charge in [0, 0.05) is 24.9 Å². The van der Waals surface area contributed by atoms with Crippen LogP contribution in [-0.2, 0) is 0 Å². The lowest BCUT2D eigenvalue weighted by Gasteiger charge is -2.24. The smallest absolute Gasteiger partial charge is 0.191 e. The van der Waals surface area contributed by atoms with Crippen LogP contribution < -0.4 is 10.6 Å². The zero-order valence-corrected chi connectivity index (χ0v) is 17.3. The first kappa shape index (κ1) is 20.4. The van der Waals surface area contributed by atoms with E-state index in [1.54, 1.807) is 0 Å². The fourth-order valence-electron chi connectivity index (χ4n) is 3.14. The molecule has 22 heavy (non-hydrogen) atoms. The number of thioether (sulfide) groups is 1. The van der Waals surface area contributed by atoms with Gasteiger partial charge in [-0.25, -0.2) is 0 Å². The van der Waals surface area contributed by atoms with E-state index in [0.29, 0.717) is 4.75 Å². The van der Waals surface area contributed by atoms with Crippen molar-refractivity contribution in [1.82, 2.24) is 15.5 Å². The van der Waals surface area contributed by atoms with E-state index < -0.39 is 0 Å². The molecule has 0 amide bonds. The van der Waals surface area contributed by atoms with Gasteiger partial charge in [0.25, 0.3) is 0 Å². The van der Waals surface area contributed by atoms with Crippen molar-refractivity contribution in [2.45, 2.75) is 50.2 Å². The highest BCUT2D eigenvalue weighted by atomic mass is 127. The molecule has 0 aromatic carbocycles. The second-order valence-corrected chi connectivity index (χ2v) is 8.19. The molecule has 2 rings (SSSR count). The van der Waals surface area contributed by atoms with Crippen LogP contribution in [0, 0.1) is 0 Å². The molecule has 2 aliphatic heterocycles. The molecule has 0 bridgehead atoms. The van der Waals surface area contributed by atoms with E-state index in [-0.39, 0.29) is 24.0 Å². The predicted octanol–water partition coefficient (Wildman–Crippen LogP) is 2.93. The monoisotopic (exact) mass is 440 g/mol. The number of hydrogen-bond acceptors (Lipinski definition) is 3. The van der Waals surface area contributed by atoms with Crippen LogP contribution in [0.4, 0.5) is 0 Å². The van der Waals surface area contributed by atoms with Gasteiger partial charge in [-0.1, -0.05) is 0 Å². The van der Waals surface area contributed by atoms with Gasteiger partial charge in [-0.15, -0.1) is 24.0 Å². The van der Waals surface area contributed by atoms with Gasteiger partial charge < -0.3 is 15.5 Å². The SMILES string of the molecule is CN=C(NCCCCN1CCCC1)NCC1(C)CCCS1.I. The summed E-state index contributed by atoms with van der Waals surface area (Å²) in [4.78, 5) is 6.92. The summed E-state index contributed by atoms with van der Waals surface area (Å²) in [6.45, 7) is 8.30. The van der Waals surface area contributed by atoms with E-state index in [0.717, 1.165) is 19.0 Å². The minimum atomic E-state index is 0. The Bertz CT molecular complexity index is 326. The topological polar surface area (TPSA) is 39.7 Å². The van der Waals surface area contributed by atoms with Crippen molar-refractivity contribution >= 4 is 41.7 Å². The molecule has 6 heteroatoms. The molecule has 1 atom stereocenters. The number of guanidine groups is 1. The Morgan fingerprint density at radius 2 is 1.95 bits per heavy atom. The molecule has 2 saturated heterocycles. The number of nitrogens with zero attached hydrogens (tertiary/aromatic N) is 2. The van der Waals surface area contributed by atoms with Gasteiger partial charge in [0.2, 0.25) is 0 Å². The first-order valence-electron chi connectivity index (χ1n) is 8.53. The Kier molecular flexibility index (Phi) is 10.1. The van der Waals surface area contributed by atoms with Crippen LogP contribution in [0.2, 0.25) is 0 Å². The molecular formula is C16H33IN4S. The van der Waals surface area contributed by atoms with Crippen LogP contribution in [0.5, 0.6) is 0 Å². The van der Waals surface area contributed by atoms with Crippen molar-refractivity contribution in [3.8, 4) is 0 Å². The van der Waals surface area contributed by atoms with E-state index in [9.17, 15) is 0 Å². The summed E-state index contributed by atoms with van der Waals surface area (Å²) in [7, 11) is 1.86. The number of unbranched alkanes of at least 4 members (excludes halogenated alkanes) is 1. The highest BCUT2D eigenvalue weighted by molar-refractivity contribution is 14.0. The minimum Gasteiger partial charge on any atom is -0.356 e. The highest BCUT2D eigenvalue weighted by Gasteiger charge is 2.29. The van der Waals surface area contributed by atoms with Gasteiger partial charge >= 0.3 is 0 Å². The summed E-state index contributed by atoms with van der Waals surface area (Å²) in [6, 6.07) is 0. The summed E-state index contributed by atoms with van der Waals surface area (Å²) < 4.78 is 0.396. The summed E-state index contributed by atoms with van der Waals surface area (Å²) in [5.74, 6) is 2.27. The lowest BCUT2D eigenvalue weighted by atomic mass is 10.1. The van der Waals surface area contributed by atoms with Crippen LogP contribution in [0.1, 0.15) is 45.4 Å². The molecule has 4 nitrogen and oxygen atoms in total. The second kappa shape index (κ2) is 11.0. The number of hydrogen-bond donors (Lipinski definition) is 2. The Morgan fingerprint density at radius 1 is 1.18 bits per heavy atom. The summed E-state index contributed by atoms with van der Waals surface area (Å²) in [5, 5.41) is 6.94. The lowest BCUT2D eigenvalue weighted by Crippen LogP contribution is -2.43. The maximum absolute atomic E-state index is 4.33. The lowest BCUT2D eigenvalue weighted by molar-refractivity contribution is 0.330. The van der Waals surface area contributed by atoms with Gasteiger partial charge in [0.15, 0.2) is 5.96 Å². The average molecular weight is 440 g/mol. The number of aliphatic imine (C=N–C) groups is 1. The largest absolute Gasteiger partial charge is 0.356 e. The fraction of sp³-hybridized carbons (Fsp3) is 0.938. The molecule has 0 spiro atoms. The van der Waals surface area contributed by atoms with Gasteiger partial charge in [0.1, 0.15) is 0 Å². The quantitative estimate of drug-likeness (QED) is 0.277. The van der Waals surface area contributed by atoms with E-state index in [2.05, 4.69) is 39.2 Å². The molecule has 0 aliphatic carbocycles. The van der Waals surface area contributed by atoms with Crippen molar-refractivity contribution in [1.29, 1.82) is 0 Å². The Morgan fingerprint density at radius 3 is 2.59 bits per heavy atom. The zero-order valence-electron chi connectivity index (χ0n) is 14.2. The van der Waals surface area contributed by atoms with Crippen molar-refractivity contribution in [2.24, 2.45) is 4.99 Å². The van der Waals surface area contributed by atoms with E-state index in [1.807, 2.05) is 7.05 Å². The first-order valence-corrected chi connectivity index (χ1v) is 9.51. The highest BCUT2D eigenvalue weighted by Crippen LogP contribution is 2.36. The molecule has 2 heterocycles. The predicted molar refractivity (Wildman–Crippen MR) is 110 cm³/mol. The van der Waals surface area contributed by atoms with Crippen molar-refractivity contribution in [3.05, 3.63) is 0 Å². The Balaban J connectivity index is 0.00000242. The van der Waals surface area contributed by atoms with Gasteiger partial charge in [0.05, 0.1) is 0 Å². The van der Waals surface area contributed by atoms with Crippen molar-refractivity contribution in [3.63, 3.8) is 0 Å². The van der Waals surface area contributed by atoms with Crippen LogP contribution in [0.3, 0.4) is 0 Å². The molecule has 130 valence electrons. The standard InChI is InChI=1S/C16H32N4S.HI/c1-16(8-7-13-21-16)14-19-15(17-2)18-9-3-4-10-20-11-5-6-12-20;/h3-14H2,1-2H3,(H2,17,18,19);1H. The minimum absolute atomic E-state index is 0. The van der Waals surface area contributed by atoms with Crippen LogP contribution in [-0.4, -0.2) is 61.1 Å². The maximum Gasteiger partial charge on any atom is 0.191 e. The van der Waals surface area contributed by atoms with E-state index in [1.165, 1.54) is 63.9 Å². The fourth-order valence-corrected chi connectivity index (χ4v) is 4.39. The first-order chi connectivity index (χ1) is 10.2. The molecule has 2 N–H and O–H groups in total. The second-order valence-electron chi connectivity index (χ2n) is 6.51. The molecule has 2 fully saturated rings. The molecule has 0 aromatic rings. The average Bonchev–Trinajstić information content (AvgIpc) is 3.14. The van der Waals surface area contributed by atoms with Gasteiger partial charge in [-0.05, 0) is 70.8 Å². The number of likely N-dealkylation sites (tertiary alicyclic amines) is 1. The molecule has 0 radical (unpaired) electrons. The van der Waals surface area contributed by atoms with E-state index in [4.69, 9.17) is 0 Å².